The predicted octanol–water partition coefficient (Wildman–Crippen LogP) is 4.05. The Morgan fingerprint density at radius 1 is 0.846 bits per heavy atom. The monoisotopic (exact) mass is 360 g/mol. The molecule has 0 aromatic heterocycles. The van der Waals surface area contributed by atoms with Gasteiger partial charge in [-0.2, -0.15) is 0 Å². The third-order valence-corrected chi connectivity index (χ3v) is 8.97. The van der Waals surface area contributed by atoms with Crippen molar-refractivity contribution in [1.29, 1.82) is 0 Å². The van der Waals surface area contributed by atoms with Crippen LogP contribution in [0.1, 0.15) is 58.3 Å². The zero-order valence-electron chi connectivity index (χ0n) is 16.0. The molecule has 4 heteroatoms. The van der Waals surface area contributed by atoms with E-state index >= 15 is 0 Å². The lowest BCUT2D eigenvalue weighted by Gasteiger charge is -2.54. The van der Waals surface area contributed by atoms with Crippen molar-refractivity contribution in [3.63, 3.8) is 0 Å². The summed E-state index contributed by atoms with van der Waals surface area (Å²) >= 11 is 0. The Morgan fingerprint density at radius 2 is 1.62 bits per heavy atom. The molecular weight excluding hydrogens is 328 g/mol. The Kier molecular flexibility index (Phi) is 3.53. The van der Waals surface area contributed by atoms with Gasteiger partial charge in [0, 0.05) is 24.7 Å². The standard InChI is InChI=1S/C22H32O4/c1-20-7-4-17-16-5-8-21(23-10-11-24-21)14-15(16)2-3-18(17)19(20)6-9-22(20)25-12-13-26-22/h4,15-16,18-19H,2-3,5-14H2,1H3. The first-order chi connectivity index (χ1) is 12.6. The second-order valence-corrected chi connectivity index (χ2v) is 9.82. The minimum absolute atomic E-state index is 0.165. The van der Waals surface area contributed by atoms with Gasteiger partial charge in [-0.3, -0.25) is 0 Å². The normalized spacial score (nSPS) is 48.3. The summed E-state index contributed by atoms with van der Waals surface area (Å²) in [5.74, 6) is 2.47. The Labute approximate surface area is 156 Å². The summed E-state index contributed by atoms with van der Waals surface area (Å²) in [5, 5.41) is 0. The van der Waals surface area contributed by atoms with Crippen LogP contribution in [-0.2, 0) is 18.9 Å². The van der Waals surface area contributed by atoms with Gasteiger partial charge in [0.15, 0.2) is 11.6 Å². The van der Waals surface area contributed by atoms with E-state index in [1.807, 2.05) is 0 Å². The van der Waals surface area contributed by atoms with Crippen LogP contribution in [0, 0.1) is 29.1 Å². The van der Waals surface area contributed by atoms with Crippen molar-refractivity contribution in [3.05, 3.63) is 11.6 Å². The van der Waals surface area contributed by atoms with Crippen molar-refractivity contribution in [1.82, 2.24) is 0 Å². The largest absolute Gasteiger partial charge is 0.348 e. The van der Waals surface area contributed by atoms with E-state index in [2.05, 4.69) is 13.0 Å². The number of allylic oxidation sites excluding steroid dienone is 2. The van der Waals surface area contributed by atoms with E-state index in [0.717, 1.165) is 75.8 Å². The smallest absolute Gasteiger partial charge is 0.174 e. The van der Waals surface area contributed by atoms with E-state index in [1.165, 1.54) is 25.7 Å². The van der Waals surface area contributed by atoms with Crippen LogP contribution in [0.2, 0.25) is 0 Å². The van der Waals surface area contributed by atoms with Gasteiger partial charge >= 0.3 is 0 Å². The number of fused-ring (bicyclic) bond motifs is 6. The Balaban J connectivity index is 1.28. The van der Waals surface area contributed by atoms with E-state index < -0.39 is 0 Å². The van der Waals surface area contributed by atoms with Crippen LogP contribution in [0.15, 0.2) is 11.6 Å². The summed E-state index contributed by atoms with van der Waals surface area (Å²) < 4.78 is 24.6. The van der Waals surface area contributed by atoms with Crippen LogP contribution in [0.4, 0.5) is 0 Å². The highest BCUT2D eigenvalue weighted by Gasteiger charge is 2.64. The predicted molar refractivity (Wildman–Crippen MR) is 96.4 cm³/mol. The molecule has 0 radical (unpaired) electrons. The molecule has 3 saturated carbocycles. The topological polar surface area (TPSA) is 36.9 Å². The molecule has 2 aliphatic heterocycles. The molecule has 2 heterocycles. The maximum Gasteiger partial charge on any atom is 0.174 e. The summed E-state index contributed by atoms with van der Waals surface area (Å²) in [6.07, 6.45) is 12.2. The van der Waals surface area contributed by atoms with E-state index in [4.69, 9.17) is 18.9 Å². The summed E-state index contributed by atoms with van der Waals surface area (Å²) in [5.41, 5.74) is 1.95. The highest BCUT2D eigenvalue weighted by Crippen LogP contribution is 2.65. The van der Waals surface area contributed by atoms with Gasteiger partial charge in [0.1, 0.15) is 0 Å². The molecule has 0 N–H and O–H groups in total. The van der Waals surface area contributed by atoms with Gasteiger partial charge in [-0.05, 0) is 55.8 Å². The van der Waals surface area contributed by atoms with Crippen LogP contribution in [0.5, 0.6) is 0 Å². The fraction of sp³-hybridized carbons (Fsp3) is 0.909. The molecule has 6 aliphatic rings. The second-order valence-electron chi connectivity index (χ2n) is 9.82. The average Bonchev–Trinajstić information content (AvgIpc) is 3.37. The SMILES string of the molecule is CC12CC=C3C4CCC5(CC4CCC3C1CCC21OCCO1)OCCO5. The number of ether oxygens (including phenoxy) is 4. The molecule has 0 aromatic rings. The zero-order chi connectivity index (χ0) is 17.4. The molecule has 5 fully saturated rings. The number of rotatable bonds is 0. The van der Waals surface area contributed by atoms with E-state index in [0.29, 0.717) is 0 Å². The van der Waals surface area contributed by atoms with Crippen LogP contribution in [-0.4, -0.2) is 38.0 Å². The van der Waals surface area contributed by atoms with Gasteiger partial charge < -0.3 is 18.9 Å². The van der Waals surface area contributed by atoms with Crippen molar-refractivity contribution in [2.75, 3.05) is 26.4 Å². The summed E-state index contributed by atoms with van der Waals surface area (Å²) in [6, 6.07) is 0. The number of hydrogen-bond donors (Lipinski definition) is 0. The Morgan fingerprint density at radius 3 is 2.42 bits per heavy atom. The zero-order valence-corrected chi connectivity index (χ0v) is 16.0. The summed E-state index contributed by atoms with van der Waals surface area (Å²) in [7, 11) is 0. The molecule has 4 nitrogen and oxygen atoms in total. The third-order valence-electron chi connectivity index (χ3n) is 8.97. The van der Waals surface area contributed by atoms with E-state index in [-0.39, 0.29) is 17.0 Å². The molecule has 2 spiro atoms. The first kappa shape index (κ1) is 16.5. The average molecular weight is 360 g/mol. The van der Waals surface area contributed by atoms with E-state index in [1.54, 1.807) is 5.57 Å². The molecule has 5 unspecified atom stereocenters. The lowest BCUT2D eigenvalue weighted by molar-refractivity contribution is -0.229. The second kappa shape index (κ2) is 5.56. The maximum atomic E-state index is 6.24. The van der Waals surface area contributed by atoms with Crippen molar-refractivity contribution in [2.45, 2.75) is 69.9 Å². The molecule has 4 aliphatic carbocycles. The minimum Gasteiger partial charge on any atom is -0.348 e. The Hall–Kier alpha value is -0.420. The lowest BCUT2D eigenvalue weighted by atomic mass is 9.54. The highest BCUT2D eigenvalue weighted by atomic mass is 16.7. The molecule has 144 valence electrons. The fourth-order valence-electron chi connectivity index (χ4n) is 7.77. The van der Waals surface area contributed by atoms with Crippen molar-refractivity contribution in [2.24, 2.45) is 29.1 Å². The molecule has 2 saturated heterocycles. The quantitative estimate of drug-likeness (QED) is 0.611. The van der Waals surface area contributed by atoms with Gasteiger partial charge in [-0.25, -0.2) is 0 Å². The van der Waals surface area contributed by atoms with Crippen LogP contribution < -0.4 is 0 Å². The summed E-state index contributed by atoms with van der Waals surface area (Å²) in [4.78, 5) is 0. The highest BCUT2D eigenvalue weighted by molar-refractivity contribution is 5.26. The molecule has 0 bridgehead atoms. The van der Waals surface area contributed by atoms with Crippen LogP contribution in [0.3, 0.4) is 0 Å². The lowest BCUT2D eigenvalue weighted by Crippen LogP contribution is -2.51. The first-order valence-electron chi connectivity index (χ1n) is 10.9. The molecular formula is C22H32O4. The van der Waals surface area contributed by atoms with E-state index in [9.17, 15) is 0 Å². The summed E-state index contributed by atoms with van der Waals surface area (Å²) in [6.45, 7) is 5.56. The van der Waals surface area contributed by atoms with Crippen LogP contribution >= 0.6 is 0 Å². The van der Waals surface area contributed by atoms with Crippen molar-refractivity contribution in [3.8, 4) is 0 Å². The van der Waals surface area contributed by atoms with Gasteiger partial charge in [0.05, 0.1) is 26.4 Å². The molecule has 5 atom stereocenters. The van der Waals surface area contributed by atoms with Gasteiger partial charge in [0.25, 0.3) is 0 Å². The van der Waals surface area contributed by atoms with Gasteiger partial charge in [-0.1, -0.05) is 18.6 Å². The molecule has 0 amide bonds. The van der Waals surface area contributed by atoms with Crippen LogP contribution in [0.25, 0.3) is 0 Å². The molecule has 0 aromatic carbocycles. The molecule has 6 rings (SSSR count). The third kappa shape index (κ3) is 2.05. The Bertz CT molecular complexity index is 616. The first-order valence-corrected chi connectivity index (χ1v) is 10.9. The van der Waals surface area contributed by atoms with Gasteiger partial charge in [-0.15, -0.1) is 0 Å². The molecule has 26 heavy (non-hydrogen) atoms. The van der Waals surface area contributed by atoms with Crippen molar-refractivity contribution >= 4 is 0 Å². The van der Waals surface area contributed by atoms with Crippen molar-refractivity contribution < 1.29 is 18.9 Å². The van der Waals surface area contributed by atoms with Gasteiger partial charge in [0.2, 0.25) is 0 Å². The minimum atomic E-state index is -0.293. The number of hydrogen-bond acceptors (Lipinski definition) is 4. The fourth-order valence-corrected chi connectivity index (χ4v) is 7.77. The maximum absolute atomic E-state index is 6.24.